The first kappa shape index (κ1) is 17.6. The zero-order valence-electron chi connectivity index (χ0n) is 15.9. The van der Waals surface area contributed by atoms with Gasteiger partial charge in [0.2, 0.25) is 5.88 Å². The number of aryl methyl sites for hydroxylation is 1. The van der Waals surface area contributed by atoms with Gasteiger partial charge in [0.1, 0.15) is 12.1 Å². The molecule has 2 aromatic heterocycles. The minimum absolute atomic E-state index is 0.130. The Labute approximate surface area is 162 Å². The lowest BCUT2D eigenvalue weighted by molar-refractivity contribution is 0.462. The van der Waals surface area contributed by atoms with Gasteiger partial charge in [0.25, 0.3) is 0 Å². The van der Waals surface area contributed by atoms with Crippen molar-refractivity contribution in [2.45, 2.75) is 33.1 Å². The van der Waals surface area contributed by atoms with Gasteiger partial charge in [-0.2, -0.15) is 0 Å². The average molecular weight is 375 g/mol. The maximum absolute atomic E-state index is 5.95. The van der Waals surface area contributed by atoms with Crippen LogP contribution in [-0.2, 0) is 5.41 Å². The maximum atomic E-state index is 5.95. The van der Waals surface area contributed by atoms with Crippen molar-refractivity contribution < 1.29 is 4.74 Å². The maximum Gasteiger partial charge on any atom is 0.222 e. The Balaban J connectivity index is 1.59. The van der Waals surface area contributed by atoms with Crippen LogP contribution in [0.15, 0.2) is 54.9 Å². The van der Waals surface area contributed by atoms with Crippen LogP contribution in [0.3, 0.4) is 0 Å². The van der Waals surface area contributed by atoms with E-state index in [0.717, 1.165) is 32.2 Å². The molecule has 0 aliphatic rings. The Hall–Kier alpha value is -2.79. The Morgan fingerprint density at radius 2 is 1.70 bits per heavy atom. The first-order valence-corrected chi connectivity index (χ1v) is 9.68. The fourth-order valence-electron chi connectivity index (χ4n) is 2.90. The Bertz CT molecular complexity index is 1090. The van der Waals surface area contributed by atoms with E-state index in [4.69, 9.17) is 4.74 Å². The van der Waals surface area contributed by atoms with Crippen molar-refractivity contribution in [2.24, 2.45) is 0 Å². The molecular formula is C22H21N3OS. The molecule has 0 fully saturated rings. The lowest BCUT2D eigenvalue weighted by Gasteiger charge is -2.19. The number of aromatic nitrogens is 3. The van der Waals surface area contributed by atoms with E-state index in [1.807, 2.05) is 31.2 Å². The molecule has 5 heteroatoms. The number of ether oxygens (including phenoxy) is 1. The fourth-order valence-corrected chi connectivity index (χ4v) is 3.71. The number of hydrogen-bond acceptors (Lipinski definition) is 5. The molecule has 4 nitrogen and oxygen atoms in total. The molecule has 0 atom stereocenters. The van der Waals surface area contributed by atoms with Crippen LogP contribution in [0.2, 0.25) is 0 Å². The van der Waals surface area contributed by atoms with Gasteiger partial charge in [0, 0.05) is 17.7 Å². The zero-order valence-corrected chi connectivity index (χ0v) is 16.7. The number of thiazole rings is 1. The summed E-state index contributed by atoms with van der Waals surface area (Å²) in [4.78, 5) is 13.2. The molecule has 0 aliphatic carbocycles. The van der Waals surface area contributed by atoms with Crippen molar-refractivity contribution in [1.29, 1.82) is 0 Å². The predicted molar refractivity (Wildman–Crippen MR) is 111 cm³/mol. The molecule has 4 rings (SSSR count). The minimum atomic E-state index is 0.130. The molecule has 0 saturated carbocycles. The summed E-state index contributed by atoms with van der Waals surface area (Å²) in [5.41, 5.74) is 4.25. The number of rotatable bonds is 3. The van der Waals surface area contributed by atoms with Crippen LogP contribution in [0, 0.1) is 6.92 Å². The molecule has 0 bridgehead atoms. The smallest absolute Gasteiger partial charge is 0.222 e. The highest BCUT2D eigenvalue weighted by molar-refractivity contribution is 7.18. The van der Waals surface area contributed by atoms with Crippen LogP contribution in [0.1, 0.15) is 31.3 Å². The number of benzene rings is 2. The minimum Gasteiger partial charge on any atom is -0.439 e. The van der Waals surface area contributed by atoms with Crippen molar-refractivity contribution in [3.63, 3.8) is 0 Å². The van der Waals surface area contributed by atoms with Gasteiger partial charge in [0.15, 0.2) is 0 Å². The zero-order chi connectivity index (χ0) is 19.0. The van der Waals surface area contributed by atoms with Gasteiger partial charge >= 0.3 is 0 Å². The summed E-state index contributed by atoms with van der Waals surface area (Å²) in [5.74, 6) is 1.24. The van der Waals surface area contributed by atoms with Gasteiger partial charge < -0.3 is 4.74 Å². The lowest BCUT2D eigenvalue weighted by atomic mass is 9.86. The third-order valence-corrected chi connectivity index (χ3v) is 5.33. The van der Waals surface area contributed by atoms with Crippen molar-refractivity contribution >= 4 is 21.6 Å². The second kappa shape index (κ2) is 6.74. The Kier molecular flexibility index (Phi) is 4.40. The van der Waals surface area contributed by atoms with E-state index in [0.29, 0.717) is 5.88 Å². The van der Waals surface area contributed by atoms with E-state index in [9.17, 15) is 0 Å². The topological polar surface area (TPSA) is 47.9 Å². The second-order valence-electron chi connectivity index (χ2n) is 7.53. The molecule has 0 N–H and O–H groups in total. The van der Waals surface area contributed by atoms with Gasteiger partial charge in [-0.05, 0) is 30.0 Å². The third-order valence-electron chi connectivity index (χ3n) is 4.38. The van der Waals surface area contributed by atoms with Gasteiger partial charge in [0.05, 0.1) is 20.9 Å². The lowest BCUT2D eigenvalue weighted by Crippen LogP contribution is -2.10. The second-order valence-corrected chi connectivity index (χ2v) is 8.77. The van der Waals surface area contributed by atoms with Crippen LogP contribution in [0.25, 0.3) is 21.5 Å². The highest BCUT2D eigenvalue weighted by Gasteiger charge is 2.13. The van der Waals surface area contributed by atoms with Crippen molar-refractivity contribution in [3.05, 3.63) is 65.4 Å². The van der Waals surface area contributed by atoms with Crippen LogP contribution in [0.5, 0.6) is 11.6 Å². The monoisotopic (exact) mass is 375 g/mol. The Morgan fingerprint density at radius 1 is 0.926 bits per heavy atom. The molecule has 0 saturated heterocycles. The molecule has 27 heavy (non-hydrogen) atoms. The van der Waals surface area contributed by atoms with E-state index in [-0.39, 0.29) is 5.41 Å². The molecule has 136 valence electrons. The quantitative estimate of drug-likeness (QED) is 0.431. The van der Waals surface area contributed by atoms with Gasteiger partial charge in [-0.3, -0.25) is 0 Å². The molecule has 0 radical (unpaired) electrons. The highest BCUT2D eigenvalue weighted by atomic mass is 32.1. The van der Waals surface area contributed by atoms with Gasteiger partial charge in [-0.15, -0.1) is 11.3 Å². The van der Waals surface area contributed by atoms with Gasteiger partial charge in [-0.1, -0.05) is 45.0 Å². The van der Waals surface area contributed by atoms with Crippen LogP contribution >= 0.6 is 11.3 Å². The summed E-state index contributed by atoms with van der Waals surface area (Å²) in [6.45, 7) is 8.63. The Morgan fingerprint density at radius 3 is 2.44 bits per heavy atom. The molecule has 2 heterocycles. The third kappa shape index (κ3) is 3.83. The number of hydrogen-bond donors (Lipinski definition) is 0. The summed E-state index contributed by atoms with van der Waals surface area (Å²) < 4.78 is 7.10. The fraction of sp³-hybridized carbons (Fsp3) is 0.227. The average Bonchev–Trinajstić information content (AvgIpc) is 3.01. The summed E-state index contributed by atoms with van der Waals surface area (Å²) >= 11 is 1.68. The first-order chi connectivity index (χ1) is 12.9. The standard InChI is InChI=1S/C22H21N3OS/c1-14-25-19-11-17(9-10-20(19)27-14)26-21-12-18(23-13-24-21)15-5-7-16(8-6-15)22(2,3)4/h5-13H,1-4H3. The summed E-state index contributed by atoms with van der Waals surface area (Å²) in [5, 5.41) is 1.05. The highest BCUT2D eigenvalue weighted by Crippen LogP contribution is 2.30. The van der Waals surface area contributed by atoms with E-state index < -0.39 is 0 Å². The molecular weight excluding hydrogens is 354 g/mol. The summed E-state index contributed by atoms with van der Waals surface area (Å²) in [7, 11) is 0. The SMILES string of the molecule is Cc1nc2cc(Oc3cc(-c4ccc(C(C)(C)C)cc4)ncn3)ccc2s1. The van der Waals surface area contributed by atoms with Crippen molar-refractivity contribution in [2.75, 3.05) is 0 Å². The normalized spacial score (nSPS) is 11.7. The number of nitrogens with zero attached hydrogens (tertiary/aromatic N) is 3. The largest absolute Gasteiger partial charge is 0.439 e. The molecule has 4 aromatic rings. The predicted octanol–water partition coefficient (Wildman–Crippen LogP) is 6.15. The van der Waals surface area contributed by atoms with E-state index >= 15 is 0 Å². The molecule has 0 unspecified atom stereocenters. The molecule has 0 amide bonds. The van der Waals surface area contributed by atoms with E-state index in [1.165, 1.54) is 11.9 Å². The van der Waals surface area contributed by atoms with Crippen molar-refractivity contribution in [1.82, 2.24) is 15.0 Å². The van der Waals surface area contributed by atoms with Crippen LogP contribution < -0.4 is 4.74 Å². The van der Waals surface area contributed by atoms with Crippen LogP contribution in [-0.4, -0.2) is 15.0 Å². The summed E-state index contributed by atoms with van der Waals surface area (Å²) in [6.07, 6.45) is 1.54. The molecule has 0 aliphatic heterocycles. The van der Waals surface area contributed by atoms with Crippen molar-refractivity contribution in [3.8, 4) is 22.9 Å². The first-order valence-electron chi connectivity index (χ1n) is 8.86. The summed E-state index contributed by atoms with van der Waals surface area (Å²) in [6, 6.07) is 16.3. The molecule has 0 spiro atoms. The molecule has 2 aromatic carbocycles. The van der Waals surface area contributed by atoms with E-state index in [1.54, 1.807) is 11.3 Å². The van der Waals surface area contributed by atoms with E-state index in [2.05, 4.69) is 60.0 Å². The van der Waals surface area contributed by atoms with Gasteiger partial charge in [-0.25, -0.2) is 15.0 Å². The number of fused-ring (bicyclic) bond motifs is 1. The van der Waals surface area contributed by atoms with Crippen LogP contribution in [0.4, 0.5) is 0 Å².